The number of carbonyl (C=O) groups is 2. The number of aryl methyl sites for hydroxylation is 1. The third-order valence-electron chi connectivity index (χ3n) is 5.19. The topological polar surface area (TPSA) is 61.4 Å². The van der Waals surface area contributed by atoms with E-state index < -0.39 is 11.8 Å². The van der Waals surface area contributed by atoms with Gasteiger partial charge in [-0.15, -0.1) is 0 Å². The van der Waals surface area contributed by atoms with Gasteiger partial charge in [-0.25, -0.2) is 9.18 Å². The molecule has 1 aliphatic heterocycles. The summed E-state index contributed by atoms with van der Waals surface area (Å²) in [6, 6.07) is 17.0. The average molecular weight is 438 g/mol. The van der Waals surface area contributed by atoms with Crippen molar-refractivity contribution < 1.29 is 14.0 Å². The van der Waals surface area contributed by atoms with Crippen LogP contribution in [0.5, 0.6) is 0 Å². The van der Waals surface area contributed by atoms with Crippen molar-refractivity contribution >= 4 is 34.9 Å². The Morgan fingerprint density at radius 2 is 1.94 bits per heavy atom. The smallest absolute Gasteiger partial charge is 0.319 e. The summed E-state index contributed by atoms with van der Waals surface area (Å²) in [5.41, 5.74) is 4.94. The standard InChI is InChI=1S/C24H21ClFN3O2/c1-15-3-2-4-18(11-15)23(30)29-10-9-17-6-5-16(12-22(17)29)14-27-24(31)28-19-7-8-21(26)20(25)13-19/h2-8,11-13H,9-10,14H2,1H3,(H2,27,28,31). The normalized spacial score (nSPS) is 12.4. The van der Waals surface area contributed by atoms with Gasteiger partial charge in [0.15, 0.2) is 0 Å². The second kappa shape index (κ2) is 8.78. The minimum Gasteiger partial charge on any atom is -0.334 e. The SMILES string of the molecule is Cc1cccc(C(=O)N2CCc3ccc(CNC(=O)Nc4ccc(F)c(Cl)c4)cc32)c1. The van der Waals surface area contributed by atoms with Crippen LogP contribution in [0.15, 0.2) is 60.7 Å². The number of fused-ring (bicyclic) bond motifs is 1. The number of nitrogens with zero attached hydrogens (tertiary/aromatic N) is 1. The van der Waals surface area contributed by atoms with E-state index in [1.165, 1.54) is 18.2 Å². The van der Waals surface area contributed by atoms with Crippen LogP contribution in [0, 0.1) is 12.7 Å². The third-order valence-corrected chi connectivity index (χ3v) is 5.48. The van der Waals surface area contributed by atoms with Crippen LogP contribution in [-0.2, 0) is 13.0 Å². The van der Waals surface area contributed by atoms with Crippen LogP contribution >= 0.6 is 11.6 Å². The number of nitrogens with one attached hydrogen (secondary N) is 2. The molecular weight excluding hydrogens is 417 g/mol. The Labute approximate surface area is 184 Å². The molecule has 0 unspecified atom stereocenters. The monoisotopic (exact) mass is 437 g/mol. The molecule has 0 radical (unpaired) electrons. The fraction of sp³-hybridized carbons (Fsp3) is 0.167. The van der Waals surface area contributed by atoms with Gasteiger partial charge in [0.05, 0.1) is 5.02 Å². The van der Waals surface area contributed by atoms with Crippen molar-refractivity contribution in [3.05, 3.63) is 93.8 Å². The molecule has 158 valence electrons. The number of anilines is 2. The highest BCUT2D eigenvalue weighted by Crippen LogP contribution is 2.30. The van der Waals surface area contributed by atoms with Gasteiger partial charge in [0.2, 0.25) is 0 Å². The molecule has 5 nitrogen and oxygen atoms in total. The highest BCUT2D eigenvalue weighted by molar-refractivity contribution is 6.31. The first-order valence-corrected chi connectivity index (χ1v) is 10.3. The Morgan fingerprint density at radius 1 is 1.10 bits per heavy atom. The van der Waals surface area contributed by atoms with Crippen molar-refractivity contribution in [2.24, 2.45) is 0 Å². The van der Waals surface area contributed by atoms with Gasteiger partial charge in [-0.3, -0.25) is 4.79 Å². The predicted molar refractivity (Wildman–Crippen MR) is 120 cm³/mol. The van der Waals surface area contributed by atoms with Crippen molar-refractivity contribution in [1.29, 1.82) is 0 Å². The van der Waals surface area contributed by atoms with Crippen LogP contribution in [0.2, 0.25) is 5.02 Å². The quantitative estimate of drug-likeness (QED) is 0.580. The molecule has 0 atom stereocenters. The van der Waals surface area contributed by atoms with Crippen LogP contribution in [0.3, 0.4) is 0 Å². The maximum Gasteiger partial charge on any atom is 0.319 e. The second-order valence-electron chi connectivity index (χ2n) is 7.48. The largest absolute Gasteiger partial charge is 0.334 e. The fourth-order valence-corrected chi connectivity index (χ4v) is 3.79. The molecule has 2 N–H and O–H groups in total. The summed E-state index contributed by atoms with van der Waals surface area (Å²) in [6.45, 7) is 2.87. The van der Waals surface area contributed by atoms with Crippen molar-refractivity contribution in [2.45, 2.75) is 19.9 Å². The lowest BCUT2D eigenvalue weighted by Gasteiger charge is -2.18. The van der Waals surface area contributed by atoms with E-state index in [2.05, 4.69) is 10.6 Å². The number of amides is 3. The van der Waals surface area contributed by atoms with E-state index in [0.717, 1.165) is 28.8 Å². The molecule has 3 aromatic carbocycles. The van der Waals surface area contributed by atoms with Crippen LogP contribution in [-0.4, -0.2) is 18.5 Å². The van der Waals surface area contributed by atoms with E-state index >= 15 is 0 Å². The van der Waals surface area contributed by atoms with E-state index in [4.69, 9.17) is 11.6 Å². The van der Waals surface area contributed by atoms with E-state index in [9.17, 15) is 14.0 Å². The van der Waals surface area contributed by atoms with Gasteiger partial charge in [0, 0.05) is 30.0 Å². The molecule has 4 rings (SSSR count). The number of urea groups is 1. The first-order valence-electron chi connectivity index (χ1n) is 9.91. The first-order chi connectivity index (χ1) is 14.9. The minimum absolute atomic E-state index is 0.0292. The van der Waals surface area contributed by atoms with Crippen LogP contribution in [0.1, 0.15) is 27.0 Å². The minimum atomic E-state index is -0.546. The summed E-state index contributed by atoms with van der Waals surface area (Å²) >= 11 is 5.74. The molecule has 0 saturated heterocycles. The summed E-state index contributed by atoms with van der Waals surface area (Å²) in [6.07, 6.45) is 0.798. The molecule has 0 spiro atoms. The van der Waals surface area contributed by atoms with Gasteiger partial charge < -0.3 is 15.5 Å². The molecular formula is C24H21ClFN3O2. The molecule has 3 aromatic rings. The summed E-state index contributed by atoms with van der Waals surface area (Å²) in [5.74, 6) is -0.575. The van der Waals surface area contributed by atoms with Crippen LogP contribution in [0.25, 0.3) is 0 Å². The zero-order valence-corrected chi connectivity index (χ0v) is 17.7. The third kappa shape index (κ3) is 4.70. The van der Waals surface area contributed by atoms with E-state index in [1.54, 1.807) is 4.90 Å². The van der Waals surface area contributed by atoms with Crippen molar-refractivity contribution in [2.75, 3.05) is 16.8 Å². The zero-order valence-electron chi connectivity index (χ0n) is 16.9. The van der Waals surface area contributed by atoms with Gasteiger partial charge in [-0.1, -0.05) is 41.4 Å². The molecule has 31 heavy (non-hydrogen) atoms. The Balaban J connectivity index is 1.43. The lowest BCUT2D eigenvalue weighted by molar-refractivity contribution is 0.0989. The maximum atomic E-state index is 13.2. The zero-order chi connectivity index (χ0) is 22.0. The summed E-state index contributed by atoms with van der Waals surface area (Å²) in [4.78, 5) is 27.0. The molecule has 1 aliphatic rings. The highest BCUT2D eigenvalue weighted by Gasteiger charge is 2.25. The van der Waals surface area contributed by atoms with Crippen LogP contribution < -0.4 is 15.5 Å². The number of benzene rings is 3. The Morgan fingerprint density at radius 3 is 2.71 bits per heavy atom. The lowest BCUT2D eigenvalue weighted by atomic mass is 10.1. The van der Waals surface area contributed by atoms with E-state index in [1.807, 2.05) is 49.4 Å². The van der Waals surface area contributed by atoms with Crippen molar-refractivity contribution in [1.82, 2.24) is 5.32 Å². The van der Waals surface area contributed by atoms with Crippen molar-refractivity contribution in [3.8, 4) is 0 Å². The number of rotatable bonds is 4. The number of halogens is 2. The Kier molecular flexibility index (Phi) is 5.91. The molecule has 1 heterocycles. The molecule has 0 aromatic heterocycles. The first kappa shape index (κ1) is 20.9. The van der Waals surface area contributed by atoms with Gasteiger partial charge >= 0.3 is 6.03 Å². The highest BCUT2D eigenvalue weighted by atomic mass is 35.5. The van der Waals surface area contributed by atoms with E-state index in [0.29, 0.717) is 17.8 Å². The average Bonchev–Trinajstić information content (AvgIpc) is 3.17. The van der Waals surface area contributed by atoms with E-state index in [-0.39, 0.29) is 17.5 Å². The molecule has 0 saturated carbocycles. The molecule has 0 aliphatic carbocycles. The number of carbonyl (C=O) groups excluding carboxylic acids is 2. The van der Waals surface area contributed by atoms with Gasteiger partial charge in [0.1, 0.15) is 5.82 Å². The summed E-state index contributed by atoms with van der Waals surface area (Å²) in [7, 11) is 0. The number of hydrogen-bond donors (Lipinski definition) is 2. The maximum absolute atomic E-state index is 13.2. The number of hydrogen-bond acceptors (Lipinski definition) is 2. The lowest BCUT2D eigenvalue weighted by Crippen LogP contribution is -2.29. The molecule has 3 amide bonds. The predicted octanol–water partition coefficient (Wildman–Crippen LogP) is 5.31. The molecule has 7 heteroatoms. The van der Waals surface area contributed by atoms with Gasteiger partial charge in [-0.2, -0.15) is 0 Å². The summed E-state index contributed by atoms with van der Waals surface area (Å²) < 4.78 is 13.2. The summed E-state index contributed by atoms with van der Waals surface area (Å²) in [5, 5.41) is 5.33. The molecule has 0 fully saturated rings. The van der Waals surface area contributed by atoms with Crippen LogP contribution in [0.4, 0.5) is 20.6 Å². The fourth-order valence-electron chi connectivity index (χ4n) is 3.61. The van der Waals surface area contributed by atoms with Gasteiger partial charge in [0.25, 0.3) is 5.91 Å². The Bertz CT molecular complexity index is 1170. The molecule has 0 bridgehead atoms. The Hall–Kier alpha value is -3.38. The second-order valence-corrected chi connectivity index (χ2v) is 7.88. The van der Waals surface area contributed by atoms with Crippen molar-refractivity contribution in [3.63, 3.8) is 0 Å². The van der Waals surface area contributed by atoms with Gasteiger partial charge in [-0.05, 0) is 60.9 Å².